The maximum atomic E-state index is 13.6. The minimum atomic E-state index is -1.50. The smallest absolute Gasteiger partial charge is 0.306 e. The Balaban J connectivity index is 2.04. The maximum Gasteiger partial charge on any atom is 0.306 e. The molecule has 0 spiro atoms. The number of para-hydroxylation sites is 1. The van der Waals surface area contributed by atoms with Crippen LogP contribution in [0.1, 0.15) is 239 Å². The van der Waals surface area contributed by atoms with Crippen molar-refractivity contribution in [3.8, 4) is 0 Å². The van der Waals surface area contributed by atoms with Gasteiger partial charge in [0, 0.05) is 42.9 Å². The first-order valence-electron chi connectivity index (χ1n) is 30.3. The molecule has 0 radical (unpaired) electrons. The number of carbonyl (C=O) groups is 7. The number of hydrogen-bond acceptors (Lipinski definition) is 9. The minimum absolute atomic E-state index is 0.0253. The van der Waals surface area contributed by atoms with Gasteiger partial charge >= 0.3 is 11.9 Å². The number of carboxylic acid groups (broad SMARTS) is 1. The molecule has 0 aliphatic carbocycles. The van der Waals surface area contributed by atoms with E-state index in [2.05, 4.69) is 52.3 Å². The van der Waals surface area contributed by atoms with Gasteiger partial charge in [-0.1, -0.05) is 200 Å². The molecule has 16 heteroatoms. The highest BCUT2D eigenvalue weighted by atomic mass is 16.5. The number of nitrogens with one attached hydrogen (secondary N) is 6. The van der Waals surface area contributed by atoms with Crippen LogP contribution in [0.25, 0.3) is 10.9 Å². The highest BCUT2D eigenvalue weighted by Crippen LogP contribution is 2.20. The van der Waals surface area contributed by atoms with Crippen molar-refractivity contribution in [3.63, 3.8) is 0 Å². The Bertz CT molecular complexity index is 1940. The molecule has 0 saturated carbocycles. The van der Waals surface area contributed by atoms with Gasteiger partial charge in [0.15, 0.2) is 0 Å². The van der Waals surface area contributed by atoms with Gasteiger partial charge in [0.1, 0.15) is 18.2 Å². The molecular formula is C61H104N6O10. The molecular weight excluding hydrogens is 977 g/mol. The van der Waals surface area contributed by atoms with Crippen molar-refractivity contribution < 1.29 is 48.1 Å². The van der Waals surface area contributed by atoms with E-state index in [-0.39, 0.29) is 56.0 Å². The van der Waals surface area contributed by atoms with Gasteiger partial charge in [-0.15, -0.1) is 0 Å². The number of H-pyrrole nitrogens is 1. The molecule has 16 nitrogen and oxygen atoms in total. The first kappa shape index (κ1) is 68.1. The van der Waals surface area contributed by atoms with E-state index >= 15 is 0 Å². The van der Waals surface area contributed by atoms with Gasteiger partial charge in [0.25, 0.3) is 0 Å². The van der Waals surface area contributed by atoms with E-state index < -0.39 is 54.8 Å². The van der Waals surface area contributed by atoms with Gasteiger partial charge in [-0.25, -0.2) is 0 Å². The molecule has 0 aliphatic heterocycles. The average Bonchev–Trinajstić information content (AvgIpc) is 3.82. The standard InChI is InChI=1S/C61H104N6O10/c1-6-10-13-16-18-20-21-23-24-27-30-37-54(68)65-49(46-76-40-39-50(34-29-26-15-12-8-3)77-58(73)38-31-28-25-22-19-17-14-11-7-2)44-63-60(74)53(42-57(71)72)66-56(70)45-64-61(75)59(47(5)9-4)67-55(69)41-48-43-62-52-36-33-32-35-51(48)52/h32-33,35-36,43,47,49-50,53,59,62H,6-31,34,37-42,44-46H2,1-5H3,(H,63,74)(H,64,75)(H,65,68)(H,66,70)(H,67,69)(H,71,72)/t47-,49+,50+,53?,59-/m1/s1. The average molecular weight is 1080 g/mol. The molecule has 1 heterocycles. The van der Waals surface area contributed by atoms with Crippen LogP contribution < -0.4 is 26.6 Å². The summed E-state index contributed by atoms with van der Waals surface area (Å²) in [6, 6.07) is 4.43. The minimum Gasteiger partial charge on any atom is -0.481 e. The van der Waals surface area contributed by atoms with E-state index in [9.17, 15) is 38.7 Å². The topological polar surface area (TPSA) is 234 Å². The van der Waals surface area contributed by atoms with E-state index in [1.165, 1.54) is 83.5 Å². The number of aromatic amines is 1. The molecule has 438 valence electrons. The molecule has 1 aromatic carbocycles. The first-order chi connectivity index (χ1) is 37.3. The van der Waals surface area contributed by atoms with Crippen molar-refractivity contribution in [2.45, 2.75) is 264 Å². The van der Waals surface area contributed by atoms with Gasteiger partial charge < -0.3 is 46.1 Å². The van der Waals surface area contributed by atoms with Crippen LogP contribution in [0.2, 0.25) is 0 Å². The number of carbonyl (C=O) groups excluding carboxylic acids is 6. The van der Waals surface area contributed by atoms with Gasteiger partial charge in [-0.05, 0) is 43.2 Å². The Morgan fingerprint density at radius 3 is 1.74 bits per heavy atom. The summed E-state index contributed by atoms with van der Waals surface area (Å²) in [4.78, 5) is 94.9. The Morgan fingerprint density at radius 1 is 0.597 bits per heavy atom. The summed E-state index contributed by atoms with van der Waals surface area (Å²) in [5.41, 5.74) is 1.66. The zero-order chi connectivity index (χ0) is 56.3. The van der Waals surface area contributed by atoms with E-state index in [0.29, 0.717) is 32.1 Å². The van der Waals surface area contributed by atoms with Crippen molar-refractivity contribution >= 4 is 52.4 Å². The number of aliphatic carboxylic acids is 1. The largest absolute Gasteiger partial charge is 0.481 e. The third-order valence-electron chi connectivity index (χ3n) is 14.5. The fraction of sp³-hybridized carbons (Fsp3) is 0.754. The van der Waals surface area contributed by atoms with Crippen molar-refractivity contribution in [1.82, 2.24) is 31.6 Å². The number of rotatable bonds is 49. The SMILES string of the molecule is CCCCCCCCCCCCCC(=O)N[C@@H](CNC(=O)C(CC(=O)O)NC(=O)CNC(=O)[C@H](NC(=O)Cc1c[nH]c2ccccc12)[C@H](C)CC)COCC[C@H](CCCCCCC)OC(=O)CCCCCCCCCCC. The number of ether oxygens (including phenoxy) is 2. The monoisotopic (exact) mass is 1080 g/mol. The lowest BCUT2D eigenvalue weighted by atomic mass is 9.97. The lowest BCUT2D eigenvalue weighted by Crippen LogP contribution is -2.55. The van der Waals surface area contributed by atoms with E-state index in [4.69, 9.17) is 9.47 Å². The number of fused-ring (bicyclic) bond motifs is 1. The highest BCUT2D eigenvalue weighted by Gasteiger charge is 2.29. The van der Waals surface area contributed by atoms with Gasteiger partial charge in [-0.2, -0.15) is 0 Å². The van der Waals surface area contributed by atoms with Gasteiger partial charge in [0.05, 0.1) is 38.6 Å². The quantitative estimate of drug-likeness (QED) is 0.0245. The summed E-state index contributed by atoms with van der Waals surface area (Å²) in [7, 11) is 0. The molecule has 77 heavy (non-hydrogen) atoms. The molecule has 7 N–H and O–H groups in total. The van der Waals surface area contributed by atoms with Crippen LogP contribution in [0.4, 0.5) is 0 Å². The van der Waals surface area contributed by atoms with Crippen LogP contribution in [-0.2, 0) is 49.5 Å². The van der Waals surface area contributed by atoms with Crippen LogP contribution in [0.5, 0.6) is 0 Å². The molecule has 0 fully saturated rings. The Morgan fingerprint density at radius 2 is 1.16 bits per heavy atom. The number of hydrogen-bond donors (Lipinski definition) is 7. The lowest BCUT2D eigenvalue weighted by Gasteiger charge is -2.24. The Labute approximate surface area is 463 Å². The number of benzene rings is 1. The number of amides is 5. The van der Waals surface area contributed by atoms with Crippen LogP contribution in [0.3, 0.4) is 0 Å². The molecule has 1 aromatic heterocycles. The molecule has 0 saturated heterocycles. The van der Waals surface area contributed by atoms with Crippen molar-refractivity contribution in [1.29, 1.82) is 0 Å². The van der Waals surface area contributed by atoms with Crippen molar-refractivity contribution in [2.24, 2.45) is 5.92 Å². The fourth-order valence-corrected chi connectivity index (χ4v) is 9.54. The van der Waals surface area contributed by atoms with Crippen molar-refractivity contribution in [2.75, 3.05) is 26.3 Å². The fourth-order valence-electron chi connectivity index (χ4n) is 9.54. The van der Waals surface area contributed by atoms with Crippen LogP contribution in [-0.4, -0.2) is 102 Å². The summed E-state index contributed by atoms with van der Waals surface area (Å²) >= 11 is 0. The molecule has 2 aromatic rings. The Kier molecular flexibility index (Phi) is 38.9. The maximum absolute atomic E-state index is 13.6. The zero-order valence-corrected chi connectivity index (χ0v) is 48.4. The Hall–Kier alpha value is -4.99. The lowest BCUT2D eigenvalue weighted by molar-refractivity contribution is -0.150. The molecule has 1 unspecified atom stereocenters. The number of esters is 1. The third kappa shape index (κ3) is 33.1. The molecule has 0 bridgehead atoms. The summed E-state index contributed by atoms with van der Waals surface area (Å²) in [6.45, 7) is 9.89. The van der Waals surface area contributed by atoms with E-state index in [1.54, 1.807) is 6.20 Å². The first-order valence-corrected chi connectivity index (χ1v) is 30.3. The van der Waals surface area contributed by atoms with Crippen LogP contribution in [0, 0.1) is 5.92 Å². The van der Waals surface area contributed by atoms with E-state index in [0.717, 1.165) is 93.5 Å². The molecule has 5 amide bonds. The number of unbranched alkanes of at least 4 members (excludes halogenated alkanes) is 22. The molecule has 5 atom stereocenters. The normalized spacial score (nSPS) is 13.3. The summed E-state index contributed by atoms with van der Waals surface area (Å²) in [6.07, 6.45) is 31.7. The molecule has 2 rings (SSSR count). The molecule has 0 aliphatic rings. The summed E-state index contributed by atoms with van der Waals surface area (Å²) in [5, 5.41) is 24.2. The predicted octanol–water partition coefficient (Wildman–Crippen LogP) is 11.2. The second-order valence-electron chi connectivity index (χ2n) is 21.5. The third-order valence-corrected chi connectivity index (χ3v) is 14.5. The van der Waals surface area contributed by atoms with Crippen LogP contribution >= 0.6 is 0 Å². The predicted molar refractivity (Wildman–Crippen MR) is 307 cm³/mol. The zero-order valence-electron chi connectivity index (χ0n) is 48.4. The summed E-state index contributed by atoms with van der Waals surface area (Å²) in [5.74, 6) is -4.58. The number of carboxylic acids is 1. The second-order valence-corrected chi connectivity index (χ2v) is 21.5. The second kappa shape index (κ2) is 43.9. The highest BCUT2D eigenvalue weighted by molar-refractivity contribution is 5.95. The van der Waals surface area contributed by atoms with Crippen molar-refractivity contribution in [3.05, 3.63) is 36.0 Å². The van der Waals surface area contributed by atoms with Gasteiger partial charge in [-0.3, -0.25) is 33.6 Å². The van der Waals surface area contributed by atoms with E-state index in [1.807, 2.05) is 38.1 Å². The van der Waals surface area contributed by atoms with Crippen LogP contribution in [0.15, 0.2) is 30.5 Å². The van der Waals surface area contributed by atoms with Gasteiger partial charge in [0.2, 0.25) is 29.5 Å². The number of aromatic nitrogens is 1. The summed E-state index contributed by atoms with van der Waals surface area (Å²) < 4.78 is 12.1.